The number of alkyl halides is 3. The molecule has 25 heavy (non-hydrogen) atoms. The lowest BCUT2D eigenvalue weighted by Crippen LogP contribution is -2.28. The Kier molecular flexibility index (Phi) is 5.36. The van der Waals surface area contributed by atoms with E-state index in [4.69, 9.17) is 4.74 Å². The zero-order valence-corrected chi connectivity index (χ0v) is 13.7. The molecule has 0 unspecified atom stereocenters. The van der Waals surface area contributed by atoms with E-state index in [1.165, 1.54) is 6.07 Å². The highest BCUT2D eigenvalue weighted by molar-refractivity contribution is 7.88. The van der Waals surface area contributed by atoms with E-state index in [9.17, 15) is 26.4 Å². The SMILES string of the molecule is CC(=O)c1ccc(OCc2ccccc2)cc1OS(=O)(=O)C(F)(F)F. The standard InChI is InChI=1S/C16H13F3O5S/c1-11(20)14-8-7-13(23-10-12-5-3-2-4-6-12)9-15(14)24-25(21,22)16(17,18)19/h2-9H,10H2,1H3. The maximum atomic E-state index is 12.5. The van der Waals surface area contributed by atoms with E-state index in [0.717, 1.165) is 24.6 Å². The summed E-state index contributed by atoms with van der Waals surface area (Å²) in [5, 5.41) is 0. The molecular formula is C16H13F3O5S. The molecule has 0 saturated heterocycles. The van der Waals surface area contributed by atoms with Crippen LogP contribution in [0.5, 0.6) is 11.5 Å². The Morgan fingerprint density at radius 1 is 1.08 bits per heavy atom. The summed E-state index contributed by atoms with van der Waals surface area (Å²) in [6.45, 7) is 1.18. The summed E-state index contributed by atoms with van der Waals surface area (Å²) in [6.07, 6.45) is 0. The van der Waals surface area contributed by atoms with Crippen LogP contribution in [0.3, 0.4) is 0 Å². The van der Waals surface area contributed by atoms with Crippen molar-refractivity contribution >= 4 is 15.9 Å². The van der Waals surface area contributed by atoms with Crippen LogP contribution in [-0.2, 0) is 16.7 Å². The largest absolute Gasteiger partial charge is 0.534 e. The van der Waals surface area contributed by atoms with Gasteiger partial charge in [0.05, 0.1) is 5.56 Å². The normalized spacial score (nSPS) is 11.8. The molecule has 0 aliphatic rings. The summed E-state index contributed by atoms with van der Waals surface area (Å²) in [5.41, 5.74) is -5.12. The third kappa shape index (κ3) is 4.72. The molecule has 0 atom stereocenters. The Bertz CT molecular complexity index is 861. The molecule has 0 radical (unpaired) electrons. The van der Waals surface area contributed by atoms with Gasteiger partial charge in [0.2, 0.25) is 0 Å². The van der Waals surface area contributed by atoms with Crippen molar-refractivity contribution < 1.29 is 35.3 Å². The van der Waals surface area contributed by atoms with Crippen LogP contribution in [0.15, 0.2) is 48.5 Å². The molecule has 0 N–H and O–H groups in total. The highest BCUT2D eigenvalue weighted by atomic mass is 32.2. The molecule has 5 nitrogen and oxygen atoms in total. The lowest BCUT2D eigenvalue weighted by molar-refractivity contribution is -0.0500. The molecular weight excluding hydrogens is 361 g/mol. The molecule has 2 aromatic rings. The van der Waals surface area contributed by atoms with Gasteiger partial charge in [0.1, 0.15) is 12.4 Å². The molecule has 0 aliphatic carbocycles. The van der Waals surface area contributed by atoms with Crippen molar-refractivity contribution in [2.45, 2.75) is 19.0 Å². The summed E-state index contributed by atoms with van der Waals surface area (Å²) < 4.78 is 69.4. The van der Waals surface area contributed by atoms with Crippen LogP contribution in [0.4, 0.5) is 13.2 Å². The Hall–Kier alpha value is -2.55. The average molecular weight is 374 g/mol. The molecule has 9 heteroatoms. The van der Waals surface area contributed by atoms with Gasteiger partial charge in [-0.25, -0.2) is 0 Å². The summed E-state index contributed by atoms with van der Waals surface area (Å²) in [4.78, 5) is 11.5. The highest BCUT2D eigenvalue weighted by Gasteiger charge is 2.49. The fourth-order valence-electron chi connectivity index (χ4n) is 1.86. The van der Waals surface area contributed by atoms with Gasteiger partial charge in [-0.1, -0.05) is 30.3 Å². The van der Waals surface area contributed by atoms with E-state index in [1.54, 1.807) is 30.3 Å². The zero-order chi connectivity index (χ0) is 18.7. The van der Waals surface area contributed by atoms with E-state index in [1.807, 2.05) is 0 Å². The van der Waals surface area contributed by atoms with Crippen LogP contribution in [0.1, 0.15) is 22.8 Å². The predicted molar refractivity (Wildman–Crippen MR) is 82.8 cm³/mol. The van der Waals surface area contributed by atoms with Gasteiger partial charge in [0.15, 0.2) is 11.5 Å². The van der Waals surface area contributed by atoms with Gasteiger partial charge in [-0.3, -0.25) is 4.79 Å². The minimum absolute atomic E-state index is 0.0567. The Labute approximate surface area is 142 Å². The van der Waals surface area contributed by atoms with Gasteiger partial charge < -0.3 is 8.92 Å². The van der Waals surface area contributed by atoms with Crippen LogP contribution in [0.25, 0.3) is 0 Å². The molecule has 0 aliphatic heterocycles. The van der Waals surface area contributed by atoms with Crippen LogP contribution in [-0.4, -0.2) is 19.7 Å². The zero-order valence-electron chi connectivity index (χ0n) is 12.9. The third-order valence-corrected chi connectivity index (χ3v) is 4.03. The van der Waals surface area contributed by atoms with Gasteiger partial charge in [0, 0.05) is 6.07 Å². The minimum Gasteiger partial charge on any atom is -0.489 e. The van der Waals surface area contributed by atoms with Crippen LogP contribution in [0, 0.1) is 0 Å². The maximum absolute atomic E-state index is 12.5. The van der Waals surface area contributed by atoms with Gasteiger partial charge >= 0.3 is 15.6 Å². The van der Waals surface area contributed by atoms with Crippen LogP contribution >= 0.6 is 0 Å². The quantitative estimate of drug-likeness (QED) is 0.438. The molecule has 0 bridgehead atoms. The van der Waals surface area contributed by atoms with E-state index in [-0.39, 0.29) is 17.9 Å². The van der Waals surface area contributed by atoms with Crippen LogP contribution < -0.4 is 8.92 Å². The first-order valence-electron chi connectivity index (χ1n) is 6.92. The lowest BCUT2D eigenvalue weighted by atomic mass is 10.1. The number of Topliss-reactive ketones (excluding diaryl/α,β-unsaturated/α-hetero) is 1. The van der Waals surface area contributed by atoms with Crippen LogP contribution in [0.2, 0.25) is 0 Å². The molecule has 134 valence electrons. The number of benzene rings is 2. The summed E-state index contributed by atoms with van der Waals surface area (Å²) in [7, 11) is -5.90. The molecule has 2 rings (SSSR count). The minimum atomic E-state index is -5.90. The number of carbonyl (C=O) groups is 1. The second kappa shape index (κ2) is 7.14. The Morgan fingerprint density at radius 2 is 1.72 bits per heavy atom. The highest BCUT2D eigenvalue weighted by Crippen LogP contribution is 2.32. The van der Waals surface area contributed by atoms with E-state index in [2.05, 4.69) is 4.18 Å². The monoisotopic (exact) mass is 374 g/mol. The average Bonchev–Trinajstić information content (AvgIpc) is 2.52. The Balaban J connectivity index is 2.29. The van der Waals surface area contributed by atoms with Crippen molar-refractivity contribution in [3.63, 3.8) is 0 Å². The molecule has 0 amide bonds. The fourth-order valence-corrected chi connectivity index (χ4v) is 2.33. The summed E-state index contributed by atoms with van der Waals surface area (Å²) in [5.74, 6) is -1.33. The topological polar surface area (TPSA) is 69.7 Å². The first kappa shape index (κ1) is 18.8. The van der Waals surface area contributed by atoms with E-state index >= 15 is 0 Å². The fraction of sp³-hybridized carbons (Fsp3) is 0.188. The molecule has 0 fully saturated rings. The second-order valence-electron chi connectivity index (χ2n) is 4.97. The smallest absolute Gasteiger partial charge is 0.489 e. The van der Waals surface area contributed by atoms with Gasteiger partial charge in [-0.2, -0.15) is 21.6 Å². The van der Waals surface area contributed by atoms with Gasteiger partial charge in [-0.05, 0) is 24.6 Å². The number of hydrogen-bond donors (Lipinski definition) is 0. The van der Waals surface area contributed by atoms with Crippen molar-refractivity contribution in [2.24, 2.45) is 0 Å². The van der Waals surface area contributed by atoms with Crippen molar-refractivity contribution in [3.8, 4) is 11.5 Å². The molecule has 2 aromatic carbocycles. The van der Waals surface area contributed by atoms with Gasteiger partial charge in [-0.15, -0.1) is 0 Å². The first-order valence-corrected chi connectivity index (χ1v) is 8.33. The number of ether oxygens (including phenoxy) is 1. The number of halogens is 3. The predicted octanol–water partition coefficient (Wildman–Crippen LogP) is 3.70. The second-order valence-corrected chi connectivity index (χ2v) is 6.51. The number of hydrogen-bond acceptors (Lipinski definition) is 5. The molecule has 0 heterocycles. The van der Waals surface area contributed by atoms with Crippen molar-refractivity contribution in [1.82, 2.24) is 0 Å². The maximum Gasteiger partial charge on any atom is 0.534 e. The van der Waals surface area contributed by atoms with E-state index in [0.29, 0.717) is 0 Å². The third-order valence-electron chi connectivity index (χ3n) is 3.06. The van der Waals surface area contributed by atoms with Crippen molar-refractivity contribution in [2.75, 3.05) is 0 Å². The molecule has 0 aromatic heterocycles. The molecule has 0 saturated carbocycles. The van der Waals surface area contributed by atoms with Gasteiger partial charge in [0.25, 0.3) is 0 Å². The summed E-state index contributed by atoms with van der Waals surface area (Å²) >= 11 is 0. The number of ketones is 1. The van der Waals surface area contributed by atoms with Crippen molar-refractivity contribution in [3.05, 3.63) is 59.7 Å². The van der Waals surface area contributed by atoms with E-state index < -0.39 is 27.2 Å². The number of rotatable bonds is 6. The first-order chi connectivity index (χ1) is 11.6. The Morgan fingerprint density at radius 3 is 2.28 bits per heavy atom. The summed E-state index contributed by atoms with van der Waals surface area (Å²) in [6, 6.07) is 12.3. The van der Waals surface area contributed by atoms with Crippen molar-refractivity contribution in [1.29, 1.82) is 0 Å². The number of carbonyl (C=O) groups excluding carboxylic acids is 1. The molecule has 0 spiro atoms. The lowest BCUT2D eigenvalue weighted by Gasteiger charge is -2.13.